The summed E-state index contributed by atoms with van der Waals surface area (Å²) in [6, 6.07) is 22.2. The zero-order valence-electron chi connectivity index (χ0n) is 18.0. The van der Waals surface area contributed by atoms with E-state index in [1.807, 2.05) is 36.4 Å². The monoisotopic (exact) mass is 430 g/mol. The smallest absolute Gasteiger partial charge is 0.205 e. The van der Waals surface area contributed by atoms with Crippen molar-refractivity contribution in [2.75, 3.05) is 0 Å². The van der Waals surface area contributed by atoms with Gasteiger partial charge in [0.25, 0.3) is 0 Å². The van der Waals surface area contributed by atoms with Crippen molar-refractivity contribution in [3.8, 4) is 11.5 Å². The number of phenolic OH excluding ortho intramolecular Hbond substituents is 1. The number of hydrogen-bond acceptors (Lipinski definition) is 4. The first-order valence-corrected chi connectivity index (χ1v) is 10.7. The van der Waals surface area contributed by atoms with Crippen molar-refractivity contribution >= 4 is 28.0 Å². The Hall–Kier alpha value is -3.24. The summed E-state index contributed by atoms with van der Waals surface area (Å²) in [5.41, 5.74) is 1.95. The van der Waals surface area contributed by atoms with E-state index in [0.717, 1.165) is 10.5 Å². The molecule has 0 saturated carbocycles. The quantitative estimate of drug-likeness (QED) is 0.312. The van der Waals surface area contributed by atoms with Gasteiger partial charge in [-0.15, -0.1) is 0 Å². The maximum absolute atomic E-state index is 13.0. The van der Waals surface area contributed by atoms with E-state index >= 15 is 0 Å². The fraction of sp³-hybridized carbons (Fsp3) is 0.148. The van der Waals surface area contributed by atoms with E-state index in [9.17, 15) is 9.90 Å². The Morgan fingerprint density at radius 3 is 2.26 bits per heavy atom. The number of carbonyl (C=O) groups excluding carboxylic acids is 1. The van der Waals surface area contributed by atoms with Gasteiger partial charge in [0, 0.05) is 15.4 Å². The molecule has 4 heteroatoms. The Bertz CT molecular complexity index is 1130. The average molecular weight is 431 g/mol. The number of Topliss-reactive ketones (excluding diaryl/α,β-unsaturated/α-hetero) is 1. The van der Waals surface area contributed by atoms with Crippen LogP contribution >= 0.6 is 11.8 Å². The predicted molar refractivity (Wildman–Crippen MR) is 129 cm³/mol. The van der Waals surface area contributed by atoms with Crippen LogP contribution < -0.4 is 4.74 Å². The number of phenols is 1. The molecule has 0 bridgehead atoms. The van der Waals surface area contributed by atoms with Crippen LogP contribution in [0.4, 0.5) is 0 Å². The molecule has 0 radical (unpaired) electrons. The van der Waals surface area contributed by atoms with Crippen LogP contribution in [0.1, 0.15) is 30.5 Å². The highest BCUT2D eigenvalue weighted by atomic mass is 32.2. The Balaban J connectivity index is 1.69. The molecule has 0 saturated heterocycles. The van der Waals surface area contributed by atoms with Crippen LogP contribution in [-0.4, -0.2) is 16.5 Å². The van der Waals surface area contributed by atoms with Gasteiger partial charge >= 0.3 is 0 Å². The molecule has 3 rings (SSSR count). The van der Waals surface area contributed by atoms with Crippen molar-refractivity contribution in [1.29, 1.82) is 0 Å². The minimum Gasteiger partial charge on any atom is -0.508 e. The van der Waals surface area contributed by atoms with Gasteiger partial charge in [-0.1, -0.05) is 67.4 Å². The van der Waals surface area contributed by atoms with Gasteiger partial charge in [0.2, 0.25) is 5.78 Å². The lowest BCUT2D eigenvalue weighted by molar-refractivity contribution is -0.125. The molecule has 0 aromatic heterocycles. The van der Waals surface area contributed by atoms with Crippen molar-refractivity contribution in [2.24, 2.45) is 0 Å². The lowest BCUT2D eigenvalue weighted by atomic mass is 9.92. The molecule has 0 aliphatic rings. The standard InChI is InChI=1S/C27H26O3S/c1-18-9-6-7-12-25(18)31-20(3)21-13-15-24(16-14-21)30-27(4,5)26(29)19(2)22-10-8-11-23(28)17-22/h6-17,28H,2-3H2,1,4-5H3. The van der Waals surface area contributed by atoms with Gasteiger partial charge in [-0.2, -0.15) is 0 Å². The summed E-state index contributed by atoms with van der Waals surface area (Å²) in [6.07, 6.45) is 0. The molecule has 0 amide bonds. The summed E-state index contributed by atoms with van der Waals surface area (Å²) in [4.78, 5) is 15.1. The molecule has 0 atom stereocenters. The number of aryl methyl sites for hydroxylation is 1. The minimum absolute atomic E-state index is 0.0876. The third-order valence-corrected chi connectivity index (χ3v) is 6.05. The topological polar surface area (TPSA) is 46.5 Å². The predicted octanol–water partition coefficient (Wildman–Crippen LogP) is 6.90. The van der Waals surface area contributed by atoms with Crippen LogP contribution in [0, 0.1) is 6.92 Å². The average Bonchev–Trinajstić information content (AvgIpc) is 2.74. The van der Waals surface area contributed by atoms with Crippen molar-refractivity contribution < 1.29 is 14.6 Å². The third-order valence-electron chi connectivity index (χ3n) is 4.89. The Morgan fingerprint density at radius 2 is 1.61 bits per heavy atom. The Labute approximate surface area is 188 Å². The van der Waals surface area contributed by atoms with Crippen LogP contribution in [0.3, 0.4) is 0 Å². The van der Waals surface area contributed by atoms with Crippen LogP contribution in [0.5, 0.6) is 11.5 Å². The Morgan fingerprint density at radius 1 is 0.935 bits per heavy atom. The Kier molecular flexibility index (Phi) is 6.71. The van der Waals surface area contributed by atoms with Crippen molar-refractivity contribution in [3.63, 3.8) is 0 Å². The van der Waals surface area contributed by atoms with Gasteiger partial charge in [-0.3, -0.25) is 4.79 Å². The SMILES string of the molecule is C=C(Sc1ccccc1C)c1ccc(OC(C)(C)C(=O)C(=C)c2cccc(O)c2)cc1. The highest BCUT2D eigenvalue weighted by Crippen LogP contribution is 2.35. The number of rotatable bonds is 8. The fourth-order valence-corrected chi connectivity index (χ4v) is 4.00. The molecule has 0 unspecified atom stereocenters. The largest absolute Gasteiger partial charge is 0.508 e. The molecule has 0 spiro atoms. The second kappa shape index (κ2) is 9.27. The molecule has 158 valence electrons. The summed E-state index contributed by atoms with van der Waals surface area (Å²) in [5.74, 6) is 0.422. The van der Waals surface area contributed by atoms with E-state index in [4.69, 9.17) is 4.74 Å². The minimum atomic E-state index is -1.11. The highest BCUT2D eigenvalue weighted by Gasteiger charge is 2.32. The maximum atomic E-state index is 13.0. The molecule has 0 aliphatic heterocycles. The van der Waals surface area contributed by atoms with E-state index in [1.54, 1.807) is 43.8 Å². The summed E-state index contributed by atoms with van der Waals surface area (Å²) < 4.78 is 6.00. The van der Waals surface area contributed by atoms with Crippen LogP contribution in [0.2, 0.25) is 0 Å². The molecule has 0 aliphatic carbocycles. The molecule has 0 fully saturated rings. The summed E-state index contributed by atoms with van der Waals surface area (Å²) in [5, 5.41) is 9.67. The first-order chi connectivity index (χ1) is 14.7. The second-order valence-corrected chi connectivity index (χ2v) is 8.92. The van der Waals surface area contributed by atoms with Gasteiger partial charge in [-0.25, -0.2) is 0 Å². The van der Waals surface area contributed by atoms with Gasteiger partial charge in [0.1, 0.15) is 11.5 Å². The van der Waals surface area contributed by atoms with E-state index in [2.05, 4.69) is 32.2 Å². The first-order valence-electron chi connectivity index (χ1n) is 9.92. The van der Waals surface area contributed by atoms with Crippen LogP contribution in [0.15, 0.2) is 90.8 Å². The summed E-state index contributed by atoms with van der Waals surface area (Å²) in [7, 11) is 0. The molecular weight excluding hydrogens is 404 g/mol. The van der Waals surface area contributed by atoms with E-state index in [1.165, 1.54) is 16.5 Å². The maximum Gasteiger partial charge on any atom is 0.205 e. The lowest BCUT2D eigenvalue weighted by Gasteiger charge is -2.26. The van der Waals surface area contributed by atoms with Crippen LogP contribution in [-0.2, 0) is 4.79 Å². The van der Waals surface area contributed by atoms with E-state index in [-0.39, 0.29) is 11.5 Å². The van der Waals surface area contributed by atoms with Gasteiger partial charge < -0.3 is 9.84 Å². The number of hydrogen-bond donors (Lipinski definition) is 1. The second-order valence-electron chi connectivity index (χ2n) is 7.79. The first kappa shape index (κ1) is 22.4. The molecule has 3 aromatic carbocycles. The summed E-state index contributed by atoms with van der Waals surface area (Å²) in [6.45, 7) is 13.6. The normalized spacial score (nSPS) is 11.1. The number of ether oxygens (including phenoxy) is 1. The van der Waals surface area contributed by atoms with Gasteiger partial charge in [0.05, 0.1) is 0 Å². The zero-order valence-corrected chi connectivity index (χ0v) is 18.8. The van der Waals surface area contributed by atoms with Crippen molar-refractivity contribution in [1.82, 2.24) is 0 Å². The van der Waals surface area contributed by atoms with Crippen LogP contribution in [0.25, 0.3) is 10.5 Å². The number of benzene rings is 3. The highest BCUT2D eigenvalue weighted by molar-refractivity contribution is 8.08. The number of carbonyl (C=O) groups is 1. The lowest BCUT2D eigenvalue weighted by Crippen LogP contribution is -2.38. The fourth-order valence-electron chi connectivity index (χ4n) is 3.10. The molecule has 3 nitrogen and oxygen atoms in total. The number of ketones is 1. The van der Waals surface area contributed by atoms with Crippen molar-refractivity contribution in [3.05, 3.63) is 103 Å². The van der Waals surface area contributed by atoms with Gasteiger partial charge in [0.15, 0.2) is 5.60 Å². The molecular formula is C27H26O3S. The third kappa shape index (κ3) is 5.47. The number of thioether (sulfide) groups is 1. The van der Waals surface area contributed by atoms with E-state index in [0.29, 0.717) is 16.9 Å². The number of aromatic hydroxyl groups is 1. The van der Waals surface area contributed by atoms with Gasteiger partial charge in [-0.05, 0) is 67.8 Å². The van der Waals surface area contributed by atoms with Crippen molar-refractivity contribution in [2.45, 2.75) is 31.3 Å². The molecule has 31 heavy (non-hydrogen) atoms. The van der Waals surface area contributed by atoms with E-state index < -0.39 is 5.60 Å². The molecule has 1 N–H and O–H groups in total. The zero-order chi connectivity index (χ0) is 22.6. The molecule has 3 aromatic rings. The molecule has 0 heterocycles. The summed E-state index contributed by atoms with van der Waals surface area (Å²) >= 11 is 1.63.